The minimum atomic E-state index is -0.286. The molecule has 0 saturated carbocycles. The lowest BCUT2D eigenvalue weighted by Gasteiger charge is -2.34. The smallest absolute Gasteiger partial charge is 0.245 e. The quantitative estimate of drug-likeness (QED) is 0.118. The second-order valence-corrected chi connectivity index (χ2v) is 14.5. The molecule has 2 saturated heterocycles. The first-order chi connectivity index (χ1) is 26.0. The van der Waals surface area contributed by atoms with Crippen LogP contribution in [0.3, 0.4) is 0 Å². The van der Waals surface area contributed by atoms with E-state index in [0.717, 1.165) is 112 Å². The number of aromatic amines is 2. The summed E-state index contributed by atoms with van der Waals surface area (Å²) in [6, 6.07) is 28.8. The Morgan fingerprint density at radius 1 is 0.679 bits per heavy atom. The zero-order valence-corrected chi connectivity index (χ0v) is 31.2. The van der Waals surface area contributed by atoms with Crippen molar-refractivity contribution in [2.45, 2.75) is 89.8 Å². The monoisotopic (exact) mass is 711 g/mol. The third-order valence-electron chi connectivity index (χ3n) is 11.2. The highest BCUT2D eigenvalue weighted by molar-refractivity contribution is 5.84. The van der Waals surface area contributed by atoms with Gasteiger partial charge in [-0.15, -0.1) is 0 Å². The molecule has 0 unspecified atom stereocenters. The van der Waals surface area contributed by atoms with Crippen LogP contribution in [0, 0.1) is 0 Å². The van der Waals surface area contributed by atoms with Crippen LogP contribution in [0.1, 0.15) is 103 Å². The average molecular weight is 712 g/mol. The lowest BCUT2D eigenvalue weighted by atomic mass is 10.0. The fraction of sp³-hybridized carbons (Fsp3) is 0.409. The number of likely N-dealkylation sites (N-methyl/N-ethyl adjacent to an activating group) is 1. The van der Waals surface area contributed by atoms with Gasteiger partial charge in [-0.25, -0.2) is 9.97 Å². The SMILES string of the molecule is CCN(CC)[C@@H](C(=O)N1CCC[C@H]1c1ncc(CCc2ccc(CCc3cnc([C@@H]4CCCN4C(=O)Cc4ccccc4)[nH]3)cc2)[nH]1)c1ccccc1. The lowest BCUT2D eigenvalue weighted by Crippen LogP contribution is -2.43. The van der Waals surface area contributed by atoms with Gasteiger partial charge in [0.25, 0.3) is 0 Å². The molecular formula is C44H53N7O2. The molecule has 0 bridgehead atoms. The highest BCUT2D eigenvalue weighted by atomic mass is 16.2. The molecule has 53 heavy (non-hydrogen) atoms. The highest BCUT2D eigenvalue weighted by Crippen LogP contribution is 2.35. The average Bonchev–Trinajstić information content (AvgIpc) is 4.03. The van der Waals surface area contributed by atoms with E-state index in [1.165, 1.54) is 11.1 Å². The van der Waals surface area contributed by atoms with Crippen LogP contribution in [0.15, 0.2) is 97.3 Å². The van der Waals surface area contributed by atoms with Crippen molar-refractivity contribution < 1.29 is 9.59 Å². The van der Waals surface area contributed by atoms with Crippen molar-refractivity contribution in [3.63, 3.8) is 0 Å². The number of hydrogen-bond acceptors (Lipinski definition) is 5. The van der Waals surface area contributed by atoms with Gasteiger partial charge in [0.15, 0.2) is 0 Å². The number of hydrogen-bond donors (Lipinski definition) is 2. The number of imidazole rings is 2. The number of carbonyl (C=O) groups is 2. The molecule has 9 heteroatoms. The number of nitrogens with one attached hydrogen (secondary N) is 2. The molecule has 3 atom stereocenters. The summed E-state index contributed by atoms with van der Waals surface area (Å²) in [5, 5.41) is 0. The van der Waals surface area contributed by atoms with Gasteiger partial charge in [0.05, 0.1) is 18.5 Å². The fourth-order valence-electron chi connectivity index (χ4n) is 8.20. The molecule has 0 spiro atoms. The minimum Gasteiger partial charge on any atom is -0.344 e. The van der Waals surface area contributed by atoms with Crippen molar-refractivity contribution in [1.29, 1.82) is 0 Å². The fourth-order valence-corrected chi connectivity index (χ4v) is 8.20. The number of aryl methyl sites for hydroxylation is 4. The summed E-state index contributed by atoms with van der Waals surface area (Å²) >= 11 is 0. The molecule has 0 aliphatic carbocycles. The van der Waals surface area contributed by atoms with Crippen LogP contribution in [0.5, 0.6) is 0 Å². The molecule has 276 valence electrons. The maximum Gasteiger partial charge on any atom is 0.245 e. The van der Waals surface area contributed by atoms with Crippen molar-refractivity contribution in [3.05, 3.63) is 143 Å². The van der Waals surface area contributed by atoms with E-state index in [0.29, 0.717) is 6.42 Å². The van der Waals surface area contributed by atoms with Crippen LogP contribution in [0.4, 0.5) is 0 Å². The molecule has 2 amide bonds. The third kappa shape index (κ3) is 8.62. The Kier molecular flexibility index (Phi) is 11.8. The number of carbonyl (C=O) groups excluding carboxylic acids is 2. The van der Waals surface area contributed by atoms with Gasteiger partial charge in [-0.1, -0.05) is 98.8 Å². The maximum atomic E-state index is 14.1. The number of benzene rings is 3. The summed E-state index contributed by atoms with van der Waals surface area (Å²) in [4.78, 5) is 50.2. The Balaban J connectivity index is 0.905. The normalized spacial score (nSPS) is 17.9. The van der Waals surface area contributed by atoms with Gasteiger partial charge in [0.2, 0.25) is 11.8 Å². The van der Waals surface area contributed by atoms with Crippen molar-refractivity contribution in [3.8, 4) is 0 Å². The largest absolute Gasteiger partial charge is 0.344 e. The molecule has 2 aliphatic rings. The van der Waals surface area contributed by atoms with E-state index in [1.807, 2.05) is 65.8 Å². The van der Waals surface area contributed by atoms with Gasteiger partial charge in [-0.2, -0.15) is 0 Å². The molecule has 5 aromatic rings. The molecule has 2 aromatic heterocycles. The number of nitrogens with zero attached hydrogens (tertiary/aromatic N) is 5. The number of rotatable bonds is 15. The standard InChI is InChI=1S/C44H53N7O2/c1-3-49(4-2)41(35-15-9-6-10-16-35)44(53)51-28-12-18-39(51)43-46-31-37(48-43)26-24-33-21-19-32(20-22-33)23-25-36-30-45-42(47-36)38-17-11-27-50(38)40(52)29-34-13-7-5-8-14-34/h5-10,13-16,19-22,30-31,38-39,41H,3-4,11-12,17-18,23-29H2,1-2H3,(H,45,47)(H,46,48)/t38-,39-,41+/m0/s1. The van der Waals surface area contributed by atoms with E-state index in [1.54, 1.807) is 0 Å². The number of H-pyrrole nitrogens is 2. The highest BCUT2D eigenvalue weighted by Gasteiger charge is 2.38. The van der Waals surface area contributed by atoms with Gasteiger partial charge in [-0.05, 0) is 86.7 Å². The van der Waals surface area contributed by atoms with Crippen molar-refractivity contribution in [2.24, 2.45) is 0 Å². The summed E-state index contributed by atoms with van der Waals surface area (Å²) < 4.78 is 0. The van der Waals surface area contributed by atoms with Crippen LogP contribution in [-0.4, -0.2) is 72.6 Å². The molecule has 7 rings (SSSR count). The van der Waals surface area contributed by atoms with Crippen molar-refractivity contribution >= 4 is 11.8 Å². The van der Waals surface area contributed by atoms with Crippen LogP contribution >= 0.6 is 0 Å². The van der Waals surface area contributed by atoms with E-state index in [-0.39, 0.29) is 29.9 Å². The minimum absolute atomic E-state index is 0.0225. The van der Waals surface area contributed by atoms with Crippen LogP contribution in [-0.2, 0) is 41.7 Å². The molecule has 0 radical (unpaired) electrons. The Labute approximate surface area is 313 Å². The molecule has 9 nitrogen and oxygen atoms in total. The zero-order chi connectivity index (χ0) is 36.6. The van der Waals surface area contributed by atoms with Crippen molar-refractivity contribution in [1.82, 2.24) is 34.6 Å². The van der Waals surface area contributed by atoms with Gasteiger partial charge in [-0.3, -0.25) is 14.5 Å². The summed E-state index contributed by atoms with van der Waals surface area (Å²) in [5.41, 5.74) is 6.88. The first kappa shape index (κ1) is 36.3. The molecule has 2 fully saturated rings. The van der Waals surface area contributed by atoms with Gasteiger partial charge in [0, 0.05) is 36.9 Å². The van der Waals surface area contributed by atoms with Crippen LogP contribution < -0.4 is 0 Å². The van der Waals surface area contributed by atoms with E-state index in [2.05, 4.69) is 70.0 Å². The first-order valence-electron chi connectivity index (χ1n) is 19.6. The number of likely N-dealkylation sites (tertiary alicyclic amines) is 2. The lowest BCUT2D eigenvalue weighted by molar-refractivity contribution is -0.138. The predicted molar refractivity (Wildman–Crippen MR) is 208 cm³/mol. The molecule has 3 aromatic carbocycles. The Bertz CT molecular complexity index is 1920. The number of aromatic nitrogens is 4. The van der Waals surface area contributed by atoms with Gasteiger partial charge < -0.3 is 19.8 Å². The zero-order valence-electron chi connectivity index (χ0n) is 31.2. The first-order valence-corrected chi connectivity index (χ1v) is 19.6. The Hall–Kier alpha value is -5.02. The third-order valence-corrected chi connectivity index (χ3v) is 11.2. The van der Waals surface area contributed by atoms with E-state index >= 15 is 0 Å². The van der Waals surface area contributed by atoms with Crippen molar-refractivity contribution in [2.75, 3.05) is 26.2 Å². The maximum absolute atomic E-state index is 14.1. The predicted octanol–water partition coefficient (Wildman–Crippen LogP) is 7.36. The topological polar surface area (TPSA) is 101 Å². The second-order valence-electron chi connectivity index (χ2n) is 14.5. The summed E-state index contributed by atoms with van der Waals surface area (Å²) in [6.45, 7) is 7.43. The molecule has 2 aliphatic heterocycles. The summed E-state index contributed by atoms with van der Waals surface area (Å²) in [5.74, 6) is 2.13. The van der Waals surface area contributed by atoms with Crippen LogP contribution in [0.25, 0.3) is 0 Å². The van der Waals surface area contributed by atoms with Gasteiger partial charge >= 0.3 is 0 Å². The molecule has 2 N–H and O–H groups in total. The molecular weight excluding hydrogens is 659 g/mol. The Morgan fingerprint density at radius 2 is 1.19 bits per heavy atom. The number of amides is 2. The van der Waals surface area contributed by atoms with E-state index in [9.17, 15) is 9.59 Å². The van der Waals surface area contributed by atoms with Crippen LogP contribution in [0.2, 0.25) is 0 Å². The van der Waals surface area contributed by atoms with E-state index in [4.69, 9.17) is 9.97 Å². The van der Waals surface area contributed by atoms with Gasteiger partial charge in [0.1, 0.15) is 17.7 Å². The molecule has 4 heterocycles. The second kappa shape index (κ2) is 17.2. The summed E-state index contributed by atoms with van der Waals surface area (Å²) in [6.07, 6.45) is 11.7. The Morgan fingerprint density at radius 3 is 1.74 bits per heavy atom. The van der Waals surface area contributed by atoms with E-state index < -0.39 is 0 Å². The summed E-state index contributed by atoms with van der Waals surface area (Å²) in [7, 11) is 0.